The first-order valence-corrected chi connectivity index (χ1v) is 15.5. The number of aryl methyl sites for hydroxylation is 4. The van der Waals surface area contributed by atoms with Gasteiger partial charge in [-0.1, -0.05) is 58.7 Å². The van der Waals surface area contributed by atoms with Crippen molar-refractivity contribution in [3.05, 3.63) is 143 Å². The number of fused-ring (bicyclic) bond motifs is 6. The molecule has 0 bridgehead atoms. The second-order valence-electron chi connectivity index (χ2n) is 12.4. The van der Waals surface area contributed by atoms with Crippen molar-refractivity contribution in [2.75, 3.05) is 0 Å². The minimum atomic E-state index is 0.527. The van der Waals surface area contributed by atoms with Gasteiger partial charge in [0.25, 0.3) is 0 Å². The number of hydrogen-bond acceptors (Lipinski definition) is 2. The Bertz CT molecular complexity index is 2350. The van der Waals surface area contributed by atoms with Crippen LogP contribution in [0.1, 0.15) is 33.4 Å². The molecule has 0 radical (unpaired) electrons. The van der Waals surface area contributed by atoms with E-state index in [2.05, 4.69) is 134 Å². The van der Waals surface area contributed by atoms with E-state index in [0.29, 0.717) is 11.1 Å². The number of nitriles is 2. The molecule has 4 nitrogen and oxygen atoms in total. The molecule has 8 rings (SSSR count). The normalized spacial score (nSPS) is 11.4. The SMILES string of the molecule is Cc1ccc2c(c1)c1cc(C)ccc1n2-c1ccc(-c2ccc(-n3c4ccc(C)cc4c4cc(C)ccc43)cc2C#N)c(C#N)c1. The molecular weight excluding hydrogens is 560 g/mol. The lowest BCUT2D eigenvalue weighted by Crippen LogP contribution is -1.98. The predicted molar refractivity (Wildman–Crippen MR) is 189 cm³/mol. The molecule has 0 unspecified atom stereocenters. The van der Waals surface area contributed by atoms with Crippen molar-refractivity contribution in [1.29, 1.82) is 10.5 Å². The lowest BCUT2D eigenvalue weighted by molar-refractivity contribution is 1.17. The Morgan fingerprint density at radius 1 is 0.391 bits per heavy atom. The highest BCUT2D eigenvalue weighted by Crippen LogP contribution is 2.38. The maximum absolute atomic E-state index is 10.4. The van der Waals surface area contributed by atoms with Gasteiger partial charge in [-0.2, -0.15) is 10.5 Å². The maximum atomic E-state index is 10.4. The molecule has 2 aromatic heterocycles. The Balaban J connectivity index is 1.29. The zero-order valence-electron chi connectivity index (χ0n) is 26.2. The topological polar surface area (TPSA) is 57.4 Å². The number of hydrogen-bond donors (Lipinski definition) is 0. The molecule has 0 fully saturated rings. The van der Waals surface area contributed by atoms with Gasteiger partial charge in [0, 0.05) is 44.0 Å². The van der Waals surface area contributed by atoms with Gasteiger partial charge in [-0.15, -0.1) is 0 Å². The molecular formula is C42H30N4. The van der Waals surface area contributed by atoms with Gasteiger partial charge in [0.2, 0.25) is 0 Å². The van der Waals surface area contributed by atoms with Gasteiger partial charge in [0.15, 0.2) is 0 Å². The largest absolute Gasteiger partial charge is 0.309 e. The van der Waals surface area contributed by atoms with Crippen molar-refractivity contribution in [3.8, 4) is 34.6 Å². The van der Waals surface area contributed by atoms with Crippen LogP contribution in [0.15, 0.2) is 109 Å². The summed E-state index contributed by atoms with van der Waals surface area (Å²) in [5.74, 6) is 0. The summed E-state index contributed by atoms with van der Waals surface area (Å²) in [6, 6.07) is 42.9. The fourth-order valence-corrected chi connectivity index (χ4v) is 7.06. The van der Waals surface area contributed by atoms with Crippen LogP contribution in [0.4, 0.5) is 0 Å². The summed E-state index contributed by atoms with van der Waals surface area (Å²) in [5, 5.41) is 25.6. The van der Waals surface area contributed by atoms with Gasteiger partial charge in [0.05, 0.1) is 45.3 Å². The molecule has 0 atom stereocenters. The molecule has 0 aliphatic heterocycles. The van der Waals surface area contributed by atoms with E-state index in [9.17, 15) is 10.5 Å². The minimum absolute atomic E-state index is 0.527. The van der Waals surface area contributed by atoms with Crippen LogP contribution in [-0.4, -0.2) is 9.13 Å². The summed E-state index contributed by atoms with van der Waals surface area (Å²) in [6.07, 6.45) is 0. The van der Waals surface area contributed by atoms with E-state index in [1.165, 1.54) is 43.8 Å². The summed E-state index contributed by atoms with van der Waals surface area (Å²) < 4.78 is 4.46. The van der Waals surface area contributed by atoms with E-state index in [4.69, 9.17) is 0 Å². The van der Waals surface area contributed by atoms with Crippen LogP contribution >= 0.6 is 0 Å². The smallest absolute Gasteiger partial charge is 0.0998 e. The van der Waals surface area contributed by atoms with Crippen molar-refractivity contribution in [2.24, 2.45) is 0 Å². The van der Waals surface area contributed by atoms with Crippen molar-refractivity contribution in [1.82, 2.24) is 9.13 Å². The van der Waals surface area contributed by atoms with Gasteiger partial charge in [-0.25, -0.2) is 0 Å². The molecule has 218 valence electrons. The lowest BCUT2D eigenvalue weighted by atomic mass is 9.95. The van der Waals surface area contributed by atoms with E-state index in [-0.39, 0.29) is 0 Å². The summed E-state index contributed by atoms with van der Waals surface area (Å²) >= 11 is 0. The molecule has 8 aromatic rings. The Morgan fingerprint density at radius 2 is 0.696 bits per heavy atom. The molecule has 4 heteroatoms. The third-order valence-electron chi connectivity index (χ3n) is 9.21. The van der Waals surface area contributed by atoms with Gasteiger partial charge >= 0.3 is 0 Å². The first kappa shape index (κ1) is 27.4. The van der Waals surface area contributed by atoms with Crippen LogP contribution in [0, 0.1) is 50.4 Å². The number of benzene rings is 6. The Labute approximate surface area is 267 Å². The zero-order chi connectivity index (χ0) is 31.7. The highest BCUT2D eigenvalue weighted by Gasteiger charge is 2.18. The highest BCUT2D eigenvalue weighted by atomic mass is 15.0. The first-order valence-electron chi connectivity index (χ1n) is 15.5. The molecule has 0 amide bonds. The average Bonchev–Trinajstić information content (AvgIpc) is 3.55. The number of rotatable bonds is 3. The molecule has 0 saturated carbocycles. The van der Waals surface area contributed by atoms with Crippen molar-refractivity contribution >= 4 is 43.6 Å². The second-order valence-corrected chi connectivity index (χ2v) is 12.4. The Kier molecular flexibility index (Phi) is 6.11. The monoisotopic (exact) mass is 590 g/mol. The van der Waals surface area contributed by atoms with E-state index in [1.807, 2.05) is 24.3 Å². The second kappa shape index (κ2) is 10.2. The van der Waals surface area contributed by atoms with Gasteiger partial charge in [0.1, 0.15) is 0 Å². The van der Waals surface area contributed by atoms with E-state index in [0.717, 1.165) is 44.6 Å². The van der Waals surface area contributed by atoms with Crippen LogP contribution in [0.3, 0.4) is 0 Å². The summed E-state index contributed by atoms with van der Waals surface area (Å²) in [7, 11) is 0. The molecule has 2 heterocycles. The average molecular weight is 591 g/mol. The predicted octanol–water partition coefficient (Wildman–Crippen LogP) is 10.5. The summed E-state index contributed by atoms with van der Waals surface area (Å²) in [6.45, 7) is 8.45. The number of aromatic nitrogens is 2. The highest BCUT2D eigenvalue weighted by molar-refractivity contribution is 6.11. The molecule has 0 aliphatic rings. The van der Waals surface area contributed by atoms with E-state index < -0.39 is 0 Å². The standard InChI is InChI=1S/C42H30N4/c1-25-5-13-39-35(17-25)36-18-26(2)6-14-40(36)45(39)31-9-11-33(29(21-31)23-43)34-12-10-32(22-30(34)24-44)46-41-15-7-27(3)19-37(41)38-20-28(4)8-16-42(38)46/h5-22H,1-4H3. The number of nitrogens with zero attached hydrogens (tertiary/aromatic N) is 4. The fraction of sp³-hybridized carbons (Fsp3) is 0.0952. The maximum Gasteiger partial charge on any atom is 0.0998 e. The van der Waals surface area contributed by atoms with Crippen molar-refractivity contribution in [3.63, 3.8) is 0 Å². The van der Waals surface area contributed by atoms with Gasteiger partial charge in [-0.3, -0.25) is 0 Å². The first-order chi connectivity index (χ1) is 22.3. The van der Waals surface area contributed by atoms with Crippen molar-refractivity contribution in [2.45, 2.75) is 27.7 Å². The zero-order valence-corrected chi connectivity index (χ0v) is 26.2. The van der Waals surface area contributed by atoms with Gasteiger partial charge in [-0.05, 0) is 100 Å². The fourth-order valence-electron chi connectivity index (χ4n) is 7.06. The molecule has 6 aromatic carbocycles. The molecule has 0 spiro atoms. The molecule has 46 heavy (non-hydrogen) atoms. The minimum Gasteiger partial charge on any atom is -0.309 e. The third kappa shape index (κ3) is 4.12. The quantitative estimate of drug-likeness (QED) is 0.206. The van der Waals surface area contributed by atoms with Gasteiger partial charge < -0.3 is 9.13 Å². The molecule has 0 N–H and O–H groups in total. The third-order valence-corrected chi connectivity index (χ3v) is 9.21. The molecule has 0 aliphatic carbocycles. The Hall–Kier alpha value is -6.10. The van der Waals surface area contributed by atoms with E-state index in [1.54, 1.807) is 0 Å². The van der Waals surface area contributed by atoms with Crippen LogP contribution in [0.25, 0.3) is 66.1 Å². The van der Waals surface area contributed by atoms with Crippen LogP contribution < -0.4 is 0 Å². The van der Waals surface area contributed by atoms with Crippen LogP contribution in [-0.2, 0) is 0 Å². The summed E-state index contributed by atoms with van der Waals surface area (Å²) in [5.41, 5.74) is 13.6. The lowest BCUT2D eigenvalue weighted by Gasteiger charge is -2.14. The molecule has 0 saturated heterocycles. The van der Waals surface area contributed by atoms with Crippen LogP contribution in [0.5, 0.6) is 0 Å². The van der Waals surface area contributed by atoms with Crippen LogP contribution in [0.2, 0.25) is 0 Å². The van der Waals surface area contributed by atoms with Crippen molar-refractivity contribution < 1.29 is 0 Å². The summed E-state index contributed by atoms with van der Waals surface area (Å²) in [4.78, 5) is 0. The van der Waals surface area contributed by atoms with E-state index >= 15 is 0 Å². The Morgan fingerprint density at radius 3 is 0.978 bits per heavy atom.